The number of hydrogen-bond donors (Lipinski definition) is 0. The van der Waals surface area contributed by atoms with Crippen LogP contribution in [0, 0.1) is 23.1 Å². The van der Waals surface area contributed by atoms with E-state index in [1.165, 1.54) is 19.2 Å². The molecule has 0 aliphatic rings. The lowest BCUT2D eigenvalue weighted by Crippen LogP contribution is -2.02. The number of ether oxygens (including phenoxy) is 1. The second kappa shape index (κ2) is 5.97. The third-order valence-electron chi connectivity index (χ3n) is 2.41. The summed E-state index contributed by atoms with van der Waals surface area (Å²) < 4.78 is 17.9. The molecule has 0 unspecified atom stereocenters. The highest BCUT2D eigenvalue weighted by Gasteiger charge is 2.09. The van der Waals surface area contributed by atoms with Gasteiger partial charge >= 0.3 is 5.97 Å². The third-order valence-corrected chi connectivity index (χ3v) is 2.41. The second-order valence-electron chi connectivity index (χ2n) is 4.13. The molecule has 4 heteroatoms. The van der Waals surface area contributed by atoms with Crippen molar-refractivity contribution in [2.24, 2.45) is 5.92 Å². The van der Waals surface area contributed by atoms with E-state index in [2.05, 4.69) is 10.8 Å². The van der Waals surface area contributed by atoms with Crippen LogP contribution in [0.15, 0.2) is 23.8 Å². The van der Waals surface area contributed by atoms with Crippen LogP contribution in [0.4, 0.5) is 4.39 Å². The minimum Gasteiger partial charge on any atom is -0.465 e. The van der Waals surface area contributed by atoms with Gasteiger partial charge in [-0.05, 0) is 35.8 Å². The van der Waals surface area contributed by atoms with E-state index in [1.54, 1.807) is 6.08 Å². The maximum absolute atomic E-state index is 13.4. The van der Waals surface area contributed by atoms with Gasteiger partial charge in [0.05, 0.1) is 18.7 Å². The lowest BCUT2D eigenvalue weighted by Gasteiger charge is -2.04. The number of nitriles is 1. The van der Waals surface area contributed by atoms with Crippen molar-refractivity contribution in [2.75, 3.05) is 7.11 Å². The van der Waals surface area contributed by atoms with Crippen molar-refractivity contribution < 1.29 is 13.9 Å². The van der Waals surface area contributed by atoms with Crippen LogP contribution in [0.1, 0.15) is 29.8 Å². The van der Waals surface area contributed by atoms with Gasteiger partial charge in [-0.2, -0.15) is 5.26 Å². The molecule has 18 heavy (non-hydrogen) atoms. The zero-order valence-electron chi connectivity index (χ0n) is 10.5. The van der Waals surface area contributed by atoms with Gasteiger partial charge in [0.2, 0.25) is 0 Å². The van der Waals surface area contributed by atoms with Crippen LogP contribution in [0.25, 0.3) is 6.08 Å². The van der Waals surface area contributed by atoms with Crippen LogP contribution in [0.2, 0.25) is 0 Å². The summed E-state index contributed by atoms with van der Waals surface area (Å²) in [5.74, 6) is -1.10. The van der Waals surface area contributed by atoms with Crippen molar-refractivity contribution in [3.8, 4) is 6.07 Å². The summed E-state index contributed by atoms with van der Waals surface area (Å²) in [6.07, 6.45) is 1.57. The molecular weight excluding hydrogens is 233 g/mol. The average molecular weight is 247 g/mol. The number of esters is 1. The summed E-state index contributed by atoms with van der Waals surface area (Å²) in [5, 5.41) is 8.95. The number of hydrogen-bond acceptors (Lipinski definition) is 3. The van der Waals surface area contributed by atoms with Gasteiger partial charge in [0.1, 0.15) is 5.82 Å². The van der Waals surface area contributed by atoms with Gasteiger partial charge in [-0.25, -0.2) is 9.18 Å². The molecule has 1 aromatic carbocycles. The first-order chi connectivity index (χ1) is 8.47. The zero-order valence-corrected chi connectivity index (χ0v) is 10.5. The Kier molecular flexibility index (Phi) is 4.61. The Morgan fingerprint density at radius 1 is 1.44 bits per heavy atom. The molecule has 1 aromatic rings. The van der Waals surface area contributed by atoms with Crippen LogP contribution >= 0.6 is 0 Å². The predicted molar refractivity (Wildman–Crippen MR) is 66.2 cm³/mol. The Morgan fingerprint density at radius 3 is 2.61 bits per heavy atom. The molecule has 0 saturated carbocycles. The van der Waals surface area contributed by atoms with Crippen LogP contribution in [-0.2, 0) is 4.74 Å². The first kappa shape index (κ1) is 13.9. The normalized spacial score (nSPS) is 11.2. The van der Waals surface area contributed by atoms with Crippen LogP contribution in [0.5, 0.6) is 0 Å². The highest BCUT2D eigenvalue weighted by atomic mass is 19.1. The summed E-state index contributed by atoms with van der Waals surface area (Å²) in [4.78, 5) is 11.3. The monoisotopic (exact) mass is 247 g/mol. The fraction of sp³-hybridized carbons (Fsp3) is 0.286. The molecule has 0 fully saturated rings. The second-order valence-corrected chi connectivity index (χ2v) is 4.13. The number of nitrogens with zero attached hydrogens (tertiary/aromatic N) is 1. The van der Waals surface area contributed by atoms with Crippen molar-refractivity contribution in [3.63, 3.8) is 0 Å². The molecule has 0 N–H and O–H groups in total. The number of methoxy groups -OCH3 is 1. The van der Waals surface area contributed by atoms with Gasteiger partial charge in [0, 0.05) is 5.57 Å². The smallest absolute Gasteiger partial charge is 0.337 e. The Balaban J connectivity index is 3.23. The van der Waals surface area contributed by atoms with E-state index in [0.717, 1.165) is 6.07 Å². The van der Waals surface area contributed by atoms with Gasteiger partial charge in [-0.1, -0.05) is 13.8 Å². The van der Waals surface area contributed by atoms with Crippen molar-refractivity contribution >= 4 is 12.0 Å². The number of rotatable bonds is 3. The Hall–Kier alpha value is -2.15. The average Bonchev–Trinajstić information content (AvgIpc) is 2.33. The minimum absolute atomic E-state index is 0.0415. The first-order valence-electron chi connectivity index (χ1n) is 5.48. The largest absolute Gasteiger partial charge is 0.465 e. The highest BCUT2D eigenvalue weighted by Crippen LogP contribution is 2.17. The number of allylic oxidation sites excluding steroid dienone is 1. The van der Waals surface area contributed by atoms with E-state index in [1.807, 2.05) is 13.8 Å². The molecule has 0 atom stereocenters. The lowest BCUT2D eigenvalue weighted by atomic mass is 10.0. The Labute approximate surface area is 105 Å². The topological polar surface area (TPSA) is 50.1 Å². The third kappa shape index (κ3) is 3.42. The van der Waals surface area contributed by atoms with E-state index in [9.17, 15) is 9.18 Å². The van der Waals surface area contributed by atoms with Gasteiger partial charge in [-0.3, -0.25) is 0 Å². The lowest BCUT2D eigenvalue weighted by molar-refractivity contribution is 0.0600. The van der Waals surface area contributed by atoms with Gasteiger partial charge in [0.15, 0.2) is 0 Å². The summed E-state index contributed by atoms with van der Waals surface area (Å²) in [6.45, 7) is 3.74. The molecule has 0 bridgehead atoms. The maximum atomic E-state index is 13.4. The molecule has 0 saturated heterocycles. The van der Waals surface area contributed by atoms with Crippen molar-refractivity contribution in [1.29, 1.82) is 5.26 Å². The molecule has 1 rings (SSSR count). The summed E-state index contributed by atoms with van der Waals surface area (Å²) in [7, 11) is 1.23. The number of benzene rings is 1. The van der Waals surface area contributed by atoms with Crippen molar-refractivity contribution in [1.82, 2.24) is 0 Å². The van der Waals surface area contributed by atoms with E-state index >= 15 is 0 Å². The zero-order chi connectivity index (χ0) is 13.7. The van der Waals surface area contributed by atoms with Crippen molar-refractivity contribution in [3.05, 3.63) is 40.7 Å². The Morgan fingerprint density at radius 2 is 2.11 bits per heavy atom. The number of carbonyl (C=O) groups is 1. The fourth-order valence-electron chi connectivity index (χ4n) is 1.44. The van der Waals surface area contributed by atoms with Crippen LogP contribution < -0.4 is 0 Å². The number of carbonyl (C=O) groups excluding carboxylic acids is 1. The van der Waals surface area contributed by atoms with Gasteiger partial charge in [0.25, 0.3) is 0 Å². The summed E-state index contributed by atoms with van der Waals surface area (Å²) >= 11 is 0. The molecule has 0 amide bonds. The molecular formula is C14H14FNO2. The van der Waals surface area contributed by atoms with Crippen LogP contribution in [0.3, 0.4) is 0 Å². The summed E-state index contributed by atoms with van der Waals surface area (Å²) in [6, 6.07) is 5.92. The van der Waals surface area contributed by atoms with Gasteiger partial charge in [-0.15, -0.1) is 0 Å². The predicted octanol–water partition coefficient (Wildman–Crippen LogP) is 3.18. The molecule has 0 spiro atoms. The quantitative estimate of drug-likeness (QED) is 0.609. The van der Waals surface area contributed by atoms with Crippen LogP contribution in [-0.4, -0.2) is 13.1 Å². The molecule has 0 heterocycles. The molecule has 0 radical (unpaired) electrons. The minimum atomic E-state index is -0.604. The fourth-order valence-corrected chi connectivity index (χ4v) is 1.44. The van der Waals surface area contributed by atoms with E-state index in [0.29, 0.717) is 11.1 Å². The van der Waals surface area contributed by atoms with E-state index < -0.39 is 11.8 Å². The first-order valence-corrected chi connectivity index (χ1v) is 5.48. The standard InChI is InChI=1S/C14H14FNO2/c1-9(2)12(8-16)5-10-4-11(14(17)18-3)7-13(15)6-10/h4-7,9H,1-3H3/b12-5-. The van der Waals surface area contributed by atoms with Crippen molar-refractivity contribution in [2.45, 2.75) is 13.8 Å². The highest BCUT2D eigenvalue weighted by molar-refractivity contribution is 5.90. The van der Waals surface area contributed by atoms with E-state index in [4.69, 9.17) is 5.26 Å². The van der Waals surface area contributed by atoms with Gasteiger partial charge < -0.3 is 4.74 Å². The SMILES string of the molecule is COC(=O)c1cc(F)cc(/C=C(/C#N)C(C)C)c1. The molecule has 0 aromatic heterocycles. The summed E-state index contributed by atoms with van der Waals surface area (Å²) in [5.41, 5.74) is 1.13. The maximum Gasteiger partial charge on any atom is 0.337 e. The Bertz CT molecular complexity index is 527. The molecule has 94 valence electrons. The molecule has 0 aliphatic carbocycles. The molecule has 0 aliphatic heterocycles. The van der Waals surface area contributed by atoms with E-state index in [-0.39, 0.29) is 11.5 Å². The molecule has 3 nitrogen and oxygen atoms in total. The number of halogens is 1.